The molecular weight excluding hydrogens is 398 g/mol. The largest absolute Gasteiger partial charge is 0.338 e. The summed E-state index contributed by atoms with van der Waals surface area (Å²) in [6.07, 6.45) is 3.48. The first-order valence-corrected chi connectivity index (χ1v) is 11.0. The topological polar surface area (TPSA) is 80.2 Å². The molecule has 0 aliphatic carbocycles. The highest BCUT2D eigenvalue weighted by Gasteiger charge is 2.34. The molecule has 0 N–H and O–H groups in total. The van der Waals surface area contributed by atoms with Crippen LogP contribution in [0.2, 0.25) is 5.02 Å². The van der Waals surface area contributed by atoms with E-state index in [4.69, 9.17) is 11.6 Å². The standard InChI is InChI=1S/C20H18ClN3O3S/c21-16-4-2-1-3-15(16)19-7-10-24(11-12-28(19,26)27)20(25)14-5-6-17-18(13-14)23-9-8-22-17/h1-6,8-9,13,19H,7,10-12H2. The van der Waals surface area contributed by atoms with Crippen LogP contribution in [-0.4, -0.2) is 48.0 Å². The molecule has 0 spiro atoms. The van der Waals surface area contributed by atoms with Gasteiger partial charge in [-0.2, -0.15) is 0 Å². The molecule has 1 unspecified atom stereocenters. The Morgan fingerprint density at radius 2 is 1.79 bits per heavy atom. The molecule has 2 aromatic carbocycles. The third kappa shape index (κ3) is 3.59. The van der Waals surface area contributed by atoms with E-state index in [9.17, 15) is 13.2 Å². The Bertz CT molecular complexity index is 1150. The number of hydrogen-bond acceptors (Lipinski definition) is 5. The highest BCUT2D eigenvalue weighted by molar-refractivity contribution is 7.91. The predicted octanol–water partition coefficient (Wildman–Crippen LogP) is 3.29. The average Bonchev–Trinajstić information content (AvgIpc) is 2.85. The van der Waals surface area contributed by atoms with Crippen molar-refractivity contribution >= 4 is 38.4 Å². The molecule has 2 heterocycles. The summed E-state index contributed by atoms with van der Waals surface area (Å²) in [7, 11) is -3.42. The third-order valence-corrected chi connectivity index (χ3v) is 7.45. The monoisotopic (exact) mass is 415 g/mol. The van der Waals surface area contributed by atoms with Crippen LogP contribution in [0.4, 0.5) is 0 Å². The van der Waals surface area contributed by atoms with Crippen molar-refractivity contribution in [2.75, 3.05) is 18.8 Å². The van der Waals surface area contributed by atoms with Crippen molar-refractivity contribution in [2.24, 2.45) is 0 Å². The zero-order valence-electron chi connectivity index (χ0n) is 15.0. The summed E-state index contributed by atoms with van der Waals surface area (Å²) in [6.45, 7) is 0.493. The first-order chi connectivity index (χ1) is 13.5. The summed E-state index contributed by atoms with van der Waals surface area (Å²) in [4.78, 5) is 23.0. The van der Waals surface area contributed by atoms with Crippen molar-refractivity contribution in [2.45, 2.75) is 11.7 Å². The summed E-state index contributed by atoms with van der Waals surface area (Å²) in [6, 6.07) is 12.1. The van der Waals surface area contributed by atoms with Crippen molar-refractivity contribution in [1.29, 1.82) is 0 Å². The van der Waals surface area contributed by atoms with Gasteiger partial charge in [0.25, 0.3) is 5.91 Å². The van der Waals surface area contributed by atoms with Crippen molar-refractivity contribution < 1.29 is 13.2 Å². The van der Waals surface area contributed by atoms with Crippen LogP contribution in [-0.2, 0) is 9.84 Å². The number of benzene rings is 2. The maximum Gasteiger partial charge on any atom is 0.253 e. The molecule has 1 aliphatic rings. The average molecular weight is 416 g/mol. The molecule has 28 heavy (non-hydrogen) atoms. The Balaban J connectivity index is 1.60. The zero-order valence-corrected chi connectivity index (χ0v) is 16.5. The third-order valence-electron chi connectivity index (χ3n) is 5.00. The van der Waals surface area contributed by atoms with Gasteiger partial charge in [0.1, 0.15) is 0 Å². The second-order valence-corrected chi connectivity index (χ2v) is 9.43. The lowest BCUT2D eigenvalue weighted by atomic mass is 10.1. The van der Waals surface area contributed by atoms with Crippen LogP contribution in [0.3, 0.4) is 0 Å². The van der Waals surface area contributed by atoms with Gasteiger partial charge in [0.05, 0.1) is 22.0 Å². The number of aromatic nitrogens is 2. The van der Waals surface area contributed by atoms with Gasteiger partial charge in [0, 0.05) is 36.1 Å². The molecule has 1 amide bonds. The molecule has 4 rings (SSSR count). The summed E-state index contributed by atoms with van der Waals surface area (Å²) in [5.41, 5.74) is 2.40. The highest BCUT2D eigenvalue weighted by Crippen LogP contribution is 2.34. The molecule has 1 fully saturated rings. The van der Waals surface area contributed by atoms with E-state index in [1.54, 1.807) is 59.8 Å². The van der Waals surface area contributed by atoms with E-state index < -0.39 is 15.1 Å². The van der Waals surface area contributed by atoms with Gasteiger partial charge < -0.3 is 4.90 Å². The van der Waals surface area contributed by atoms with Crippen molar-refractivity contribution in [3.8, 4) is 0 Å². The summed E-state index contributed by atoms with van der Waals surface area (Å²) < 4.78 is 25.6. The first kappa shape index (κ1) is 18.8. The minimum absolute atomic E-state index is 0.0952. The fraction of sp³-hybridized carbons (Fsp3) is 0.250. The molecule has 1 aromatic heterocycles. The second-order valence-electron chi connectivity index (χ2n) is 6.72. The number of carbonyl (C=O) groups excluding carboxylic acids is 1. The number of nitrogens with zero attached hydrogens (tertiary/aromatic N) is 3. The van der Waals surface area contributed by atoms with Crippen LogP contribution in [0, 0.1) is 0 Å². The van der Waals surface area contributed by atoms with Crippen LogP contribution in [0.1, 0.15) is 27.6 Å². The maximum atomic E-state index is 13.0. The maximum absolute atomic E-state index is 13.0. The Morgan fingerprint density at radius 1 is 1.04 bits per heavy atom. The molecule has 1 aliphatic heterocycles. The molecule has 0 bridgehead atoms. The fourth-order valence-electron chi connectivity index (χ4n) is 3.51. The number of rotatable bonds is 2. The molecule has 3 aromatic rings. The van der Waals surface area contributed by atoms with Gasteiger partial charge in [0.15, 0.2) is 9.84 Å². The number of hydrogen-bond donors (Lipinski definition) is 0. The second kappa shape index (κ2) is 7.48. The summed E-state index contributed by atoms with van der Waals surface area (Å²) in [5, 5.41) is -0.273. The normalized spacial score (nSPS) is 19.3. The minimum atomic E-state index is -3.42. The highest BCUT2D eigenvalue weighted by atomic mass is 35.5. The van der Waals surface area contributed by atoms with E-state index >= 15 is 0 Å². The van der Waals surface area contributed by atoms with E-state index in [2.05, 4.69) is 9.97 Å². The van der Waals surface area contributed by atoms with Crippen molar-refractivity contribution in [3.63, 3.8) is 0 Å². The minimum Gasteiger partial charge on any atom is -0.338 e. The lowest BCUT2D eigenvalue weighted by Gasteiger charge is -2.20. The first-order valence-electron chi connectivity index (χ1n) is 8.92. The van der Waals surface area contributed by atoms with Crippen molar-refractivity contribution in [1.82, 2.24) is 14.9 Å². The molecule has 6 nitrogen and oxygen atoms in total. The fourth-order valence-corrected chi connectivity index (χ4v) is 5.66. The number of fused-ring (bicyclic) bond motifs is 1. The van der Waals surface area contributed by atoms with Gasteiger partial charge in [-0.05, 0) is 36.2 Å². The Labute approximate surface area is 168 Å². The molecule has 1 atom stereocenters. The quantitative estimate of drug-likeness (QED) is 0.641. The Kier molecular flexibility index (Phi) is 5.03. The van der Waals surface area contributed by atoms with Crippen LogP contribution in [0.5, 0.6) is 0 Å². The number of sulfone groups is 1. The smallest absolute Gasteiger partial charge is 0.253 e. The van der Waals surface area contributed by atoms with Crippen LogP contribution < -0.4 is 0 Å². The summed E-state index contributed by atoms with van der Waals surface area (Å²) >= 11 is 6.23. The van der Waals surface area contributed by atoms with Gasteiger partial charge in [-0.1, -0.05) is 29.8 Å². The van der Waals surface area contributed by atoms with E-state index in [0.29, 0.717) is 40.1 Å². The van der Waals surface area contributed by atoms with Crippen LogP contribution >= 0.6 is 11.6 Å². The van der Waals surface area contributed by atoms with Crippen LogP contribution in [0.15, 0.2) is 54.9 Å². The number of amides is 1. The SMILES string of the molecule is O=C(c1ccc2nccnc2c1)N1CCC(c2ccccc2Cl)S(=O)(=O)CC1. The molecule has 0 radical (unpaired) electrons. The lowest BCUT2D eigenvalue weighted by molar-refractivity contribution is 0.0766. The molecule has 8 heteroatoms. The van der Waals surface area contributed by atoms with Gasteiger partial charge >= 0.3 is 0 Å². The van der Waals surface area contributed by atoms with E-state index in [1.165, 1.54) is 0 Å². The van der Waals surface area contributed by atoms with Gasteiger partial charge in [-0.3, -0.25) is 14.8 Å². The van der Waals surface area contributed by atoms with Gasteiger partial charge in [-0.15, -0.1) is 0 Å². The molecule has 0 saturated carbocycles. The predicted molar refractivity (Wildman–Crippen MR) is 108 cm³/mol. The molecule has 144 valence electrons. The number of carbonyl (C=O) groups is 1. The van der Waals surface area contributed by atoms with Crippen LogP contribution in [0.25, 0.3) is 11.0 Å². The molecular formula is C20H18ClN3O3S. The van der Waals surface area contributed by atoms with Gasteiger partial charge in [-0.25, -0.2) is 8.42 Å². The summed E-state index contributed by atoms with van der Waals surface area (Å²) in [5.74, 6) is -0.301. The van der Waals surface area contributed by atoms with E-state index in [-0.39, 0.29) is 18.2 Å². The number of halogens is 1. The Hall–Kier alpha value is -2.51. The Morgan fingerprint density at radius 3 is 2.57 bits per heavy atom. The van der Waals surface area contributed by atoms with Gasteiger partial charge in [0.2, 0.25) is 0 Å². The molecule has 1 saturated heterocycles. The van der Waals surface area contributed by atoms with Crippen molar-refractivity contribution in [3.05, 3.63) is 71.0 Å². The lowest BCUT2D eigenvalue weighted by Crippen LogP contribution is -2.33. The zero-order chi connectivity index (χ0) is 19.7. The van der Waals surface area contributed by atoms with E-state index in [0.717, 1.165) is 0 Å². The van der Waals surface area contributed by atoms with E-state index in [1.807, 2.05) is 0 Å².